The van der Waals surface area contributed by atoms with Gasteiger partial charge in [-0.05, 0) is 30.4 Å². The van der Waals surface area contributed by atoms with Crippen LogP contribution in [0, 0.1) is 11.7 Å². The van der Waals surface area contributed by atoms with Crippen LogP contribution in [0.1, 0.15) is 18.4 Å². The summed E-state index contributed by atoms with van der Waals surface area (Å²) in [6.45, 7) is 1.12. The highest BCUT2D eigenvalue weighted by Crippen LogP contribution is 2.29. The summed E-state index contributed by atoms with van der Waals surface area (Å²) in [7, 11) is -1.77. The summed E-state index contributed by atoms with van der Waals surface area (Å²) >= 11 is 0. The molecule has 0 saturated heterocycles. The third-order valence-electron chi connectivity index (χ3n) is 2.66. The van der Waals surface area contributed by atoms with E-state index in [2.05, 4.69) is 0 Å². The molecular weight excluding hydrogens is 210 g/mol. The SMILES string of the molecule is OB(O)c1cc(COCC2CC2)ccc1F. The number of rotatable bonds is 5. The first-order chi connectivity index (χ1) is 7.66. The lowest BCUT2D eigenvalue weighted by molar-refractivity contribution is 0.111. The van der Waals surface area contributed by atoms with Gasteiger partial charge in [-0.2, -0.15) is 0 Å². The molecule has 0 bridgehead atoms. The monoisotopic (exact) mass is 224 g/mol. The fourth-order valence-electron chi connectivity index (χ4n) is 1.51. The molecule has 86 valence electrons. The summed E-state index contributed by atoms with van der Waals surface area (Å²) in [4.78, 5) is 0. The molecule has 1 aliphatic rings. The van der Waals surface area contributed by atoms with Gasteiger partial charge in [0.15, 0.2) is 0 Å². The average Bonchev–Trinajstić information content (AvgIpc) is 3.04. The van der Waals surface area contributed by atoms with Gasteiger partial charge in [-0.25, -0.2) is 4.39 Å². The summed E-state index contributed by atoms with van der Waals surface area (Å²) in [5, 5.41) is 17.9. The van der Waals surface area contributed by atoms with Crippen molar-refractivity contribution in [2.45, 2.75) is 19.4 Å². The van der Waals surface area contributed by atoms with Gasteiger partial charge in [0.05, 0.1) is 6.61 Å². The highest BCUT2D eigenvalue weighted by Gasteiger charge is 2.21. The van der Waals surface area contributed by atoms with Crippen LogP contribution in [0.15, 0.2) is 18.2 Å². The molecule has 2 N–H and O–H groups in total. The highest BCUT2D eigenvalue weighted by molar-refractivity contribution is 6.58. The normalized spacial score (nSPS) is 15.2. The Morgan fingerprint density at radius 3 is 2.75 bits per heavy atom. The fraction of sp³-hybridized carbons (Fsp3) is 0.455. The van der Waals surface area contributed by atoms with Gasteiger partial charge < -0.3 is 14.8 Å². The lowest BCUT2D eigenvalue weighted by Crippen LogP contribution is -2.33. The first kappa shape index (κ1) is 11.6. The van der Waals surface area contributed by atoms with E-state index in [1.165, 1.54) is 25.0 Å². The molecule has 1 aliphatic carbocycles. The van der Waals surface area contributed by atoms with Gasteiger partial charge in [0, 0.05) is 12.1 Å². The second kappa shape index (κ2) is 4.95. The van der Waals surface area contributed by atoms with Gasteiger partial charge in [-0.3, -0.25) is 0 Å². The first-order valence-electron chi connectivity index (χ1n) is 5.39. The highest BCUT2D eigenvalue weighted by atomic mass is 19.1. The minimum Gasteiger partial charge on any atom is -0.423 e. The Hall–Kier alpha value is -0.905. The third kappa shape index (κ3) is 3.04. The topological polar surface area (TPSA) is 49.7 Å². The van der Waals surface area contributed by atoms with Crippen molar-refractivity contribution in [2.75, 3.05) is 6.61 Å². The van der Waals surface area contributed by atoms with E-state index in [1.807, 2.05) is 0 Å². The van der Waals surface area contributed by atoms with Gasteiger partial charge in [-0.1, -0.05) is 12.1 Å². The third-order valence-corrected chi connectivity index (χ3v) is 2.66. The zero-order valence-electron chi connectivity index (χ0n) is 8.90. The van der Waals surface area contributed by atoms with Gasteiger partial charge in [0.2, 0.25) is 0 Å². The van der Waals surface area contributed by atoms with Gasteiger partial charge in [0.25, 0.3) is 0 Å². The van der Waals surface area contributed by atoms with Crippen molar-refractivity contribution in [3.63, 3.8) is 0 Å². The molecular formula is C11H14BFO3. The first-order valence-corrected chi connectivity index (χ1v) is 5.39. The Labute approximate surface area is 94.0 Å². The minimum atomic E-state index is -1.77. The zero-order valence-corrected chi connectivity index (χ0v) is 8.90. The molecule has 3 nitrogen and oxygen atoms in total. The zero-order chi connectivity index (χ0) is 11.5. The average molecular weight is 224 g/mol. The van der Waals surface area contributed by atoms with Gasteiger partial charge in [-0.15, -0.1) is 0 Å². The van der Waals surface area contributed by atoms with Crippen molar-refractivity contribution in [3.05, 3.63) is 29.6 Å². The standard InChI is InChI=1S/C11H14BFO3/c13-11-4-3-9(5-10(11)12(14)15)7-16-6-8-1-2-8/h3-5,8,14-15H,1-2,6-7H2. The van der Waals surface area contributed by atoms with E-state index in [1.54, 1.807) is 6.07 Å². The molecule has 0 aromatic heterocycles. The van der Waals surface area contributed by atoms with Crippen LogP contribution in [0.2, 0.25) is 0 Å². The quantitative estimate of drug-likeness (QED) is 0.713. The number of hydrogen-bond acceptors (Lipinski definition) is 3. The van der Waals surface area contributed by atoms with Crippen molar-refractivity contribution >= 4 is 12.6 Å². The molecule has 1 aromatic rings. The predicted octanol–water partition coefficient (Wildman–Crippen LogP) is 0.432. The van der Waals surface area contributed by atoms with Crippen LogP contribution in [0.25, 0.3) is 0 Å². The maximum atomic E-state index is 13.1. The molecule has 16 heavy (non-hydrogen) atoms. The molecule has 0 radical (unpaired) electrons. The Bertz CT molecular complexity index is 366. The van der Waals surface area contributed by atoms with Crippen LogP contribution < -0.4 is 5.46 Å². The lowest BCUT2D eigenvalue weighted by Gasteiger charge is -2.06. The van der Waals surface area contributed by atoms with Gasteiger partial charge >= 0.3 is 7.12 Å². The Morgan fingerprint density at radius 1 is 1.38 bits per heavy atom. The fourth-order valence-corrected chi connectivity index (χ4v) is 1.51. The molecule has 0 aliphatic heterocycles. The van der Waals surface area contributed by atoms with E-state index in [0.717, 1.165) is 12.2 Å². The van der Waals surface area contributed by atoms with E-state index in [9.17, 15) is 4.39 Å². The Balaban J connectivity index is 1.94. The predicted molar refractivity (Wildman–Crippen MR) is 58.6 cm³/mol. The van der Waals surface area contributed by atoms with Crippen LogP contribution in [-0.4, -0.2) is 23.8 Å². The molecule has 0 unspecified atom stereocenters. The molecule has 1 fully saturated rings. The smallest absolute Gasteiger partial charge is 0.423 e. The van der Waals surface area contributed by atoms with Gasteiger partial charge in [0.1, 0.15) is 5.82 Å². The maximum Gasteiger partial charge on any atom is 0.491 e. The molecule has 1 saturated carbocycles. The van der Waals surface area contributed by atoms with Crippen molar-refractivity contribution in [2.24, 2.45) is 5.92 Å². The number of hydrogen-bond donors (Lipinski definition) is 2. The summed E-state index contributed by atoms with van der Waals surface area (Å²) in [5.74, 6) is 0.0734. The summed E-state index contributed by atoms with van der Waals surface area (Å²) < 4.78 is 18.6. The molecule has 0 amide bonds. The van der Waals surface area contributed by atoms with E-state index < -0.39 is 12.9 Å². The van der Waals surface area contributed by atoms with Crippen LogP contribution in [-0.2, 0) is 11.3 Å². The number of halogens is 1. The van der Waals surface area contributed by atoms with E-state index >= 15 is 0 Å². The van der Waals surface area contributed by atoms with E-state index in [0.29, 0.717) is 12.5 Å². The molecule has 5 heteroatoms. The minimum absolute atomic E-state index is 0.104. The Kier molecular flexibility index (Phi) is 3.58. The van der Waals surface area contributed by atoms with Crippen LogP contribution in [0.4, 0.5) is 4.39 Å². The molecule has 0 atom stereocenters. The van der Waals surface area contributed by atoms with Crippen LogP contribution in [0.5, 0.6) is 0 Å². The van der Waals surface area contributed by atoms with Crippen molar-refractivity contribution in [1.29, 1.82) is 0 Å². The van der Waals surface area contributed by atoms with Crippen LogP contribution >= 0.6 is 0 Å². The molecule has 0 spiro atoms. The van der Waals surface area contributed by atoms with Crippen molar-refractivity contribution in [1.82, 2.24) is 0 Å². The second-order valence-electron chi connectivity index (χ2n) is 4.19. The second-order valence-corrected chi connectivity index (χ2v) is 4.19. The lowest BCUT2D eigenvalue weighted by atomic mass is 9.79. The van der Waals surface area contributed by atoms with E-state index in [4.69, 9.17) is 14.8 Å². The number of ether oxygens (including phenoxy) is 1. The van der Waals surface area contributed by atoms with Crippen molar-refractivity contribution < 1.29 is 19.2 Å². The van der Waals surface area contributed by atoms with Crippen LogP contribution in [0.3, 0.4) is 0 Å². The summed E-state index contributed by atoms with van der Waals surface area (Å²) in [6, 6.07) is 4.24. The molecule has 2 rings (SSSR count). The summed E-state index contributed by atoms with van der Waals surface area (Å²) in [5.41, 5.74) is 0.651. The van der Waals surface area contributed by atoms with E-state index in [-0.39, 0.29) is 5.46 Å². The Morgan fingerprint density at radius 2 is 2.12 bits per heavy atom. The largest absolute Gasteiger partial charge is 0.491 e. The summed E-state index contributed by atoms with van der Waals surface area (Å²) in [6.07, 6.45) is 2.45. The number of benzene rings is 1. The maximum absolute atomic E-state index is 13.1. The molecule has 1 aromatic carbocycles. The molecule has 0 heterocycles. The van der Waals surface area contributed by atoms with Crippen molar-refractivity contribution in [3.8, 4) is 0 Å².